The molecule has 0 saturated carbocycles. The first kappa shape index (κ1) is 11.9. The van der Waals surface area contributed by atoms with Gasteiger partial charge in [0.1, 0.15) is 0 Å². The third-order valence-electron chi connectivity index (χ3n) is 3.14. The molecule has 0 spiro atoms. The number of nitrogens with zero attached hydrogens (tertiary/aromatic N) is 1. The smallest absolute Gasteiger partial charge is 0.328 e. The van der Waals surface area contributed by atoms with Gasteiger partial charge in [0.2, 0.25) is 0 Å². The van der Waals surface area contributed by atoms with Crippen molar-refractivity contribution < 1.29 is 9.90 Å². The lowest BCUT2D eigenvalue weighted by Crippen LogP contribution is -2.26. The second kappa shape index (κ2) is 5.64. The molecule has 90 valence electrons. The van der Waals surface area contributed by atoms with Crippen LogP contribution in [0.3, 0.4) is 0 Å². The van der Waals surface area contributed by atoms with Crippen LogP contribution in [0.5, 0.6) is 0 Å². The number of carboxylic acid groups (broad SMARTS) is 1. The van der Waals surface area contributed by atoms with E-state index in [2.05, 4.69) is 29.2 Å². The topological polar surface area (TPSA) is 40.5 Å². The van der Waals surface area contributed by atoms with Crippen LogP contribution in [0.1, 0.15) is 11.1 Å². The fraction of sp³-hybridized carbons (Fsp3) is 0.357. The molecule has 3 heteroatoms. The first-order valence-corrected chi connectivity index (χ1v) is 5.94. The third kappa shape index (κ3) is 3.43. The Hall–Kier alpha value is -1.61. The minimum absolute atomic E-state index is 0.723. The molecule has 0 saturated heterocycles. The van der Waals surface area contributed by atoms with E-state index in [-0.39, 0.29) is 0 Å². The van der Waals surface area contributed by atoms with E-state index in [1.54, 1.807) is 6.08 Å². The number of fused-ring (bicyclic) bond motifs is 1. The highest BCUT2D eigenvalue weighted by Gasteiger charge is 2.11. The Kier molecular flexibility index (Phi) is 3.94. The molecule has 0 bridgehead atoms. The Morgan fingerprint density at radius 3 is 2.35 bits per heavy atom. The summed E-state index contributed by atoms with van der Waals surface area (Å²) in [5.74, 6) is -0.872. The molecular weight excluding hydrogens is 214 g/mol. The van der Waals surface area contributed by atoms with Crippen molar-refractivity contribution >= 4 is 5.97 Å². The Labute approximate surface area is 101 Å². The van der Waals surface area contributed by atoms with Crippen molar-refractivity contribution in [3.63, 3.8) is 0 Å². The molecule has 1 aliphatic rings. The number of rotatable bonds is 3. The molecule has 17 heavy (non-hydrogen) atoms. The van der Waals surface area contributed by atoms with E-state index < -0.39 is 5.97 Å². The van der Waals surface area contributed by atoms with Crippen LogP contribution in [0.25, 0.3) is 0 Å². The SMILES string of the molecule is O=C(O)C=CCN1CCc2ccccc2CC1. The van der Waals surface area contributed by atoms with E-state index in [1.165, 1.54) is 17.2 Å². The zero-order chi connectivity index (χ0) is 12.1. The van der Waals surface area contributed by atoms with Crippen molar-refractivity contribution in [1.29, 1.82) is 0 Å². The van der Waals surface area contributed by atoms with Crippen LogP contribution < -0.4 is 0 Å². The predicted molar refractivity (Wildman–Crippen MR) is 67.1 cm³/mol. The maximum absolute atomic E-state index is 10.4. The van der Waals surface area contributed by atoms with E-state index in [9.17, 15) is 4.79 Å². The lowest BCUT2D eigenvalue weighted by Gasteiger charge is -2.16. The first-order valence-electron chi connectivity index (χ1n) is 5.94. The van der Waals surface area contributed by atoms with Crippen LogP contribution >= 0.6 is 0 Å². The average molecular weight is 231 g/mol. The summed E-state index contributed by atoms with van der Waals surface area (Å²) in [5, 5.41) is 8.54. The molecule has 3 nitrogen and oxygen atoms in total. The third-order valence-corrected chi connectivity index (χ3v) is 3.14. The lowest BCUT2D eigenvalue weighted by molar-refractivity contribution is -0.131. The molecule has 0 atom stereocenters. The molecule has 0 unspecified atom stereocenters. The summed E-state index contributed by atoms with van der Waals surface area (Å²) in [6.45, 7) is 2.72. The maximum atomic E-state index is 10.4. The quantitative estimate of drug-likeness (QED) is 0.805. The molecular formula is C14H17NO2. The van der Waals surface area contributed by atoms with Crippen LogP contribution in [0.15, 0.2) is 36.4 Å². The van der Waals surface area contributed by atoms with E-state index in [1.807, 2.05) is 0 Å². The lowest BCUT2D eigenvalue weighted by atomic mass is 10.0. The number of hydrogen-bond donors (Lipinski definition) is 1. The number of benzene rings is 1. The van der Waals surface area contributed by atoms with E-state index >= 15 is 0 Å². The van der Waals surface area contributed by atoms with Gasteiger partial charge < -0.3 is 5.11 Å². The van der Waals surface area contributed by atoms with Crippen molar-refractivity contribution in [3.05, 3.63) is 47.5 Å². The second-order valence-corrected chi connectivity index (χ2v) is 4.31. The summed E-state index contributed by atoms with van der Waals surface area (Å²) in [6, 6.07) is 8.54. The molecule has 0 fully saturated rings. The van der Waals surface area contributed by atoms with Gasteiger partial charge >= 0.3 is 5.97 Å². The normalized spacial score (nSPS) is 16.7. The molecule has 0 aliphatic carbocycles. The van der Waals surface area contributed by atoms with Crippen molar-refractivity contribution in [1.82, 2.24) is 4.90 Å². The Morgan fingerprint density at radius 1 is 1.24 bits per heavy atom. The van der Waals surface area contributed by atoms with Gasteiger partial charge in [-0.3, -0.25) is 4.90 Å². The summed E-state index contributed by atoms with van der Waals surface area (Å²) in [6.07, 6.45) is 5.05. The van der Waals surface area contributed by atoms with Crippen LogP contribution in [-0.2, 0) is 17.6 Å². The van der Waals surface area contributed by atoms with Crippen molar-refractivity contribution in [3.8, 4) is 0 Å². The second-order valence-electron chi connectivity index (χ2n) is 4.31. The summed E-state index contributed by atoms with van der Waals surface area (Å²) in [5.41, 5.74) is 2.86. The van der Waals surface area contributed by atoms with Crippen LogP contribution in [0, 0.1) is 0 Å². The highest BCUT2D eigenvalue weighted by atomic mass is 16.4. The highest BCUT2D eigenvalue weighted by Crippen LogP contribution is 2.15. The maximum Gasteiger partial charge on any atom is 0.328 e. The Morgan fingerprint density at radius 2 is 1.82 bits per heavy atom. The van der Waals surface area contributed by atoms with Crippen LogP contribution in [-0.4, -0.2) is 35.6 Å². The van der Waals surface area contributed by atoms with E-state index in [0.717, 1.165) is 32.5 Å². The van der Waals surface area contributed by atoms with Gasteiger partial charge in [-0.2, -0.15) is 0 Å². The van der Waals surface area contributed by atoms with Gasteiger partial charge in [0, 0.05) is 25.7 Å². The van der Waals surface area contributed by atoms with E-state index in [0.29, 0.717) is 0 Å². The average Bonchev–Trinajstić information content (AvgIpc) is 2.52. The molecule has 1 aromatic rings. The molecule has 0 aromatic heterocycles. The van der Waals surface area contributed by atoms with Gasteiger partial charge in [-0.15, -0.1) is 0 Å². The Balaban J connectivity index is 1.93. The predicted octanol–water partition coefficient (Wildman–Crippen LogP) is 1.73. The van der Waals surface area contributed by atoms with Gasteiger partial charge in [-0.1, -0.05) is 30.3 Å². The van der Waals surface area contributed by atoms with Crippen LogP contribution in [0.2, 0.25) is 0 Å². The minimum atomic E-state index is -0.872. The molecule has 1 aliphatic heterocycles. The first-order chi connectivity index (χ1) is 8.25. The number of aliphatic carboxylic acids is 1. The molecule has 1 N–H and O–H groups in total. The summed E-state index contributed by atoms with van der Waals surface area (Å²) >= 11 is 0. The zero-order valence-electron chi connectivity index (χ0n) is 9.80. The number of hydrogen-bond acceptors (Lipinski definition) is 2. The van der Waals surface area contributed by atoms with Crippen LogP contribution in [0.4, 0.5) is 0 Å². The van der Waals surface area contributed by atoms with Gasteiger partial charge in [-0.05, 0) is 24.0 Å². The minimum Gasteiger partial charge on any atom is -0.478 e. The van der Waals surface area contributed by atoms with Gasteiger partial charge in [0.15, 0.2) is 0 Å². The highest BCUT2D eigenvalue weighted by molar-refractivity contribution is 5.79. The molecule has 1 aromatic carbocycles. The van der Waals surface area contributed by atoms with Gasteiger partial charge in [0.05, 0.1) is 0 Å². The van der Waals surface area contributed by atoms with Crippen molar-refractivity contribution in [2.75, 3.05) is 19.6 Å². The van der Waals surface area contributed by atoms with Crippen molar-refractivity contribution in [2.45, 2.75) is 12.8 Å². The molecule has 1 heterocycles. The zero-order valence-corrected chi connectivity index (χ0v) is 9.80. The molecule has 0 amide bonds. The standard InChI is InChI=1S/C14H17NO2/c16-14(17)6-3-9-15-10-7-12-4-1-2-5-13(12)8-11-15/h1-6H,7-11H2,(H,16,17). The number of carbonyl (C=O) groups is 1. The summed E-state index contributed by atoms with van der Waals surface area (Å²) in [4.78, 5) is 12.7. The number of carboxylic acids is 1. The Bertz CT molecular complexity index is 399. The molecule has 2 rings (SSSR count). The largest absolute Gasteiger partial charge is 0.478 e. The monoisotopic (exact) mass is 231 g/mol. The fourth-order valence-corrected chi connectivity index (χ4v) is 2.20. The molecule has 0 radical (unpaired) electrons. The van der Waals surface area contributed by atoms with Crippen molar-refractivity contribution in [2.24, 2.45) is 0 Å². The summed E-state index contributed by atoms with van der Waals surface area (Å²) < 4.78 is 0. The van der Waals surface area contributed by atoms with Gasteiger partial charge in [-0.25, -0.2) is 4.79 Å². The van der Waals surface area contributed by atoms with E-state index in [4.69, 9.17) is 5.11 Å². The fourth-order valence-electron chi connectivity index (χ4n) is 2.20. The van der Waals surface area contributed by atoms with Gasteiger partial charge in [0.25, 0.3) is 0 Å². The summed E-state index contributed by atoms with van der Waals surface area (Å²) in [7, 11) is 0.